The zero-order valence-corrected chi connectivity index (χ0v) is 18.3. The number of thiazole rings is 1. The van der Waals surface area contributed by atoms with Gasteiger partial charge in [-0.1, -0.05) is 54.1 Å². The van der Waals surface area contributed by atoms with Crippen molar-refractivity contribution < 1.29 is 4.92 Å². The molecule has 1 aliphatic rings. The lowest BCUT2D eigenvalue weighted by Crippen LogP contribution is -2.18. The van der Waals surface area contributed by atoms with Crippen LogP contribution in [0.2, 0.25) is 5.02 Å². The summed E-state index contributed by atoms with van der Waals surface area (Å²) in [6.07, 6.45) is 0.733. The van der Waals surface area contributed by atoms with E-state index in [9.17, 15) is 10.1 Å². The van der Waals surface area contributed by atoms with Crippen molar-refractivity contribution in [1.29, 1.82) is 0 Å². The molecule has 0 radical (unpaired) electrons. The number of nitrogens with zero attached hydrogens (tertiary/aromatic N) is 4. The van der Waals surface area contributed by atoms with E-state index in [1.54, 1.807) is 12.1 Å². The van der Waals surface area contributed by atoms with Crippen molar-refractivity contribution in [3.63, 3.8) is 0 Å². The molecule has 0 spiro atoms. The summed E-state index contributed by atoms with van der Waals surface area (Å²) in [7, 11) is 0. The Kier molecular flexibility index (Phi) is 5.43. The largest absolute Gasteiger partial charge is 0.269 e. The number of hydrazone groups is 1. The van der Waals surface area contributed by atoms with E-state index in [0.29, 0.717) is 5.02 Å². The molecule has 1 aromatic heterocycles. The first-order chi connectivity index (χ1) is 15.6. The number of hydrogen-bond donors (Lipinski definition) is 0. The highest BCUT2D eigenvalue weighted by Crippen LogP contribution is 2.39. The van der Waals surface area contributed by atoms with E-state index < -0.39 is 4.92 Å². The number of non-ortho nitro benzene ring substituents is 1. The standard InChI is InChI=1S/C24H17ClN4O2S/c25-19-8-4-7-18(13-19)21-14-23(17-5-2-1-3-6-17)28(27-21)24-26-22(15-32-24)16-9-11-20(12-10-16)29(30)31/h1-13,15,23H,14H2. The fourth-order valence-corrected chi connectivity index (χ4v) is 4.74. The van der Waals surface area contributed by atoms with E-state index in [1.165, 1.54) is 23.5 Å². The van der Waals surface area contributed by atoms with Crippen LogP contribution in [0.3, 0.4) is 0 Å². The third kappa shape index (κ3) is 4.00. The molecule has 0 saturated heterocycles. The van der Waals surface area contributed by atoms with Crippen LogP contribution in [0, 0.1) is 10.1 Å². The molecule has 4 aromatic rings. The topological polar surface area (TPSA) is 71.6 Å². The monoisotopic (exact) mass is 460 g/mol. The third-order valence-corrected chi connectivity index (χ3v) is 6.38. The second kappa shape index (κ2) is 8.53. The highest BCUT2D eigenvalue weighted by atomic mass is 35.5. The van der Waals surface area contributed by atoms with E-state index in [1.807, 2.05) is 52.9 Å². The minimum Gasteiger partial charge on any atom is -0.258 e. The second-order valence-electron chi connectivity index (χ2n) is 7.35. The highest BCUT2D eigenvalue weighted by molar-refractivity contribution is 7.14. The van der Waals surface area contributed by atoms with Gasteiger partial charge in [0.2, 0.25) is 5.13 Å². The maximum atomic E-state index is 10.9. The van der Waals surface area contributed by atoms with E-state index in [0.717, 1.165) is 39.6 Å². The number of hydrogen-bond acceptors (Lipinski definition) is 6. The van der Waals surface area contributed by atoms with E-state index in [2.05, 4.69) is 12.1 Å². The zero-order chi connectivity index (χ0) is 22.1. The molecule has 0 aliphatic carbocycles. The molecule has 6 nitrogen and oxygen atoms in total. The van der Waals surface area contributed by atoms with Crippen molar-refractivity contribution in [1.82, 2.24) is 4.98 Å². The summed E-state index contributed by atoms with van der Waals surface area (Å²) >= 11 is 7.71. The number of nitro benzene ring substituents is 1. The predicted molar refractivity (Wildman–Crippen MR) is 128 cm³/mol. The van der Waals surface area contributed by atoms with Crippen molar-refractivity contribution in [2.45, 2.75) is 12.5 Å². The molecule has 158 valence electrons. The molecule has 32 heavy (non-hydrogen) atoms. The van der Waals surface area contributed by atoms with Gasteiger partial charge in [0, 0.05) is 34.5 Å². The maximum absolute atomic E-state index is 10.9. The van der Waals surface area contributed by atoms with Crippen LogP contribution in [-0.2, 0) is 0 Å². The minimum absolute atomic E-state index is 0.0149. The van der Waals surface area contributed by atoms with E-state index >= 15 is 0 Å². The molecule has 0 N–H and O–H groups in total. The Morgan fingerprint density at radius 1 is 1.00 bits per heavy atom. The summed E-state index contributed by atoms with van der Waals surface area (Å²) in [4.78, 5) is 15.3. The Labute approximate surface area is 193 Å². The van der Waals surface area contributed by atoms with Crippen LogP contribution in [0.1, 0.15) is 23.6 Å². The van der Waals surface area contributed by atoms with Crippen LogP contribution in [0.15, 0.2) is 89.3 Å². The van der Waals surface area contributed by atoms with Gasteiger partial charge in [-0.05, 0) is 35.4 Å². The van der Waals surface area contributed by atoms with Crippen molar-refractivity contribution >= 4 is 39.5 Å². The summed E-state index contributed by atoms with van der Waals surface area (Å²) in [6.45, 7) is 0. The zero-order valence-electron chi connectivity index (χ0n) is 16.8. The fourth-order valence-electron chi connectivity index (χ4n) is 3.72. The van der Waals surface area contributed by atoms with E-state index in [-0.39, 0.29) is 11.7 Å². The van der Waals surface area contributed by atoms with Gasteiger partial charge in [0.1, 0.15) is 0 Å². The highest BCUT2D eigenvalue weighted by Gasteiger charge is 2.31. The molecule has 1 unspecified atom stereocenters. The van der Waals surface area contributed by atoms with Gasteiger partial charge >= 0.3 is 0 Å². The first-order valence-electron chi connectivity index (χ1n) is 9.96. The number of rotatable bonds is 5. The van der Waals surface area contributed by atoms with E-state index in [4.69, 9.17) is 21.7 Å². The van der Waals surface area contributed by atoms with Gasteiger partial charge in [-0.25, -0.2) is 9.99 Å². The molecule has 8 heteroatoms. The number of anilines is 1. The van der Waals surface area contributed by atoms with Crippen LogP contribution in [0.25, 0.3) is 11.3 Å². The molecular formula is C24H17ClN4O2S. The van der Waals surface area contributed by atoms with Crippen molar-refractivity contribution in [2.75, 3.05) is 5.01 Å². The Balaban J connectivity index is 1.51. The summed E-state index contributed by atoms with van der Waals surface area (Å²) in [5, 5.41) is 21.2. The lowest BCUT2D eigenvalue weighted by molar-refractivity contribution is -0.384. The maximum Gasteiger partial charge on any atom is 0.269 e. The minimum atomic E-state index is -0.406. The smallest absolute Gasteiger partial charge is 0.258 e. The number of aromatic nitrogens is 1. The van der Waals surface area contributed by atoms with Gasteiger partial charge in [0.15, 0.2) is 0 Å². The lowest BCUT2D eigenvalue weighted by Gasteiger charge is -2.21. The normalized spacial score (nSPS) is 15.6. The molecule has 0 bridgehead atoms. The second-order valence-corrected chi connectivity index (χ2v) is 8.62. The molecule has 0 amide bonds. The first kappa shape index (κ1) is 20.4. The number of halogens is 1. The molecule has 0 saturated carbocycles. The SMILES string of the molecule is O=[N+]([O-])c1ccc(-c2csc(N3N=C(c4cccc(Cl)c4)CC3c3ccccc3)n2)cc1. The Bertz CT molecular complexity index is 1310. The molecule has 3 aromatic carbocycles. The van der Waals surface area contributed by atoms with Crippen molar-refractivity contribution in [2.24, 2.45) is 5.10 Å². The van der Waals surface area contributed by atoms with Gasteiger partial charge < -0.3 is 0 Å². The van der Waals surface area contributed by atoms with Crippen LogP contribution in [-0.4, -0.2) is 15.6 Å². The number of benzene rings is 3. The predicted octanol–water partition coefficient (Wildman–Crippen LogP) is 6.73. The molecule has 0 fully saturated rings. The molecule has 5 rings (SSSR count). The fraction of sp³-hybridized carbons (Fsp3) is 0.0833. The molecule has 1 aliphatic heterocycles. The van der Waals surface area contributed by atoms with Gasteiger partial charge in [-0.2, -0.15) is 5.10 Å². The molecule has 1 atom stereocenters. The number of nitro groups is 1. The Morgan fingerprint density at radius 2 is 1.78 bits per heavy atom. The lowest BCUT2D eigenvalue weighted by atomic mass is 9.99. The summed E-state index contributed by atoms with van der Waals surface area (Å²) < 4.78 is 0. The van der Waals surface area contributed by atoms with Crippen LogP contribution < -0.4 is 5.01 Å². The molecular weight excluding hydrogens is 444 g/mol. The van der Waals surface area contributed by atoms with Crippen molar-refractivity contribution in [3.05, 3.63) is 111 Å². The van der Waals surface area contributed by atoms with Gasteiger partial charge in [0.05, 0.1) is 22.4 Å². The van der Waals surface area contributed by atoms with Crippen LogP contribution >= 0.6 is 22.9 Å². The van der Waals surface area contributed by atoms with Gasteiger partial charge in [-0.3, -0.25) is 10.1 Å². The summed E-state index contributed by atoms with van der Waals surface area (Å²) in [6, 6.07) is 24.4. The van der Waals surface area contributed by atoms with Gasteiger partial charge in [-0.15, -0.1) is 11.3 Å². The van der Waals surface area contributed by atoms with Crippen LogP contribution in [0.5, 0.6) is 0 Å². The average molecular weight is 461 g/mol. The van der Waals surface area contributed by atoms with Gasteiger partial charge in [0.25, 0.3) is 5.69 Å². The Hall–Kier alpha value is -3.55. The third-order valence-electron chi connectivity index (χ3n) is 5.31. The Morgan fingerprint density at radius 3 is 2.50 bits per heavy atom. The van der Waals surface area contributed by atoms with Crippen molar-refractivity contribution in [3.8, 4) is 11.3 Å². The summed E-state index contributed by atoms with van der Waals surface area (Å²) in [5.41, 5.74) is 4.75. The van der Waals surface area contributed by atoms with Crippen LogP contribution in [0.4, 0.5) is 10.8 Å². The molecule has 2 heterocycles. The quantitative estimate of drug-likeness (QED) is 0.244. The average Bonchev–Trinajstić information content (AvgIpc) is 3.47. The summed E-state index contributed by atoms with van der Waals surface area (Å²) in [5.74, 6) is 0. The first-order valence-corrected chi connectivity index (χ1v) is 11.2.